The van der Waals surface area contributed by atoms with Gasteiger partial charge < -0.3 is 4.74 Å². The highest BCUT2D eigenvalue weighted by molar-refractivity contribution is 7.89. The Hall–Kier alpha value is -2.24. The predicted octanol–water partition coefficient (Wildman–Crippen LogP) is 1.91. The third-order valence-corrected chi connectivity index (χ3v) is 5.83. The summed E-state index contributed by atoms with van der Waals surface area (Å²) in [7, 11) is -3.70. The highest BCUT2D eigenvalue weighted by Crippen LogP contribution is 2.19. The lowest BCUT2D eigenvalue weighted by Crippen LogP contribution is -2.43. The molecule has 1 fully saturated rings. The number of hydrogen-bond acceptors (Lipinski definition) is 5. The van der Waals surface area contributed by atoms with Crippen LogP contribution in [0, 0.1) is 11.3 Å². The Labute approximate surface area is 154 Å². The lowest BCUT2D eigenvalue weighted by atomic mass is 10.1. The largest absolute Gasteiger partial charge is 0.379 e. The van der Waals surface area contributed by atoms with Crippen LogP contribution in [0.2, 0.25) is 0 Å². The number of morpholine rings is 1. The summed E-state index contributed by atoms with van der Waals surface area (Å²) in [5.74, 6) is 0. The van der Waals surface area contributed by atoms with E-state index < -0.39 is 10.0 Å². The fourth-order valence-electron chi connectivity index (χ4n) is 2.90. The van der Waals surface area contributed by atoms with Crippen molar-refractivity contribution >= 4 is 10.0 Å². The summed E-state index contributed by atoms with van der Waals surface area (Å²) in [4.78, 5) is 2.35. The lowest BCUT2D eigenvalue weighted by Gasteiger charge is -2.31. The van der Waals surface area contributed by atoms with Gasteiger partial charge in [-0.1, -0.05) is 30.3 Å². The monoisotopic (exact) mass is 371 g/mol. The molecule has 0 aromatic heterocycles. The summed E-state index contributed by atoms with van der Waals surface area (Å²) in [6.45, 7) is 3.44. The third kappa shape index (κ3) is 4.68. The van der Waals surface area contributed by atoms with E-state index in [1.54, 1.807) is 0 Å². The van der Waals surface area contributed by atoms with E-state index in [0.717, 1.165) is 18.7 Å². The van der Waals surface area contributed by atoms with E-state index >= 15 is 0 Å². The van der Waals surface area contributed by atoms with Crippen LogP contribution in [-0.2, 0) is 14.8 Å². The molecule has 1 N–H and O–H groups in total. The average molecular weight is 371 g/mol. The topological polar surface area (TPSA) is 82.4 Å². The molecule has 1 aliphatic heterocycles. The van der Waals surface area contributed by atoms with Crippen molar-refractivity contribution in [3.63, 3.8) is 0 Å². The van der Waals surface area contributed by atoms with Crippen molar-refractivity contribution in [3.8, 4) is 6.07 Å². The summed E-state index contributed by atoms with van der Waals surface area (Å²) >= 11 is 0. The van der Waals surface area contributed by atoms with E-state index in [4.69, 9.17) is 10.00 Å². The number of sulfonamides is 1. The smallest absolute Gasteiger partial charge is 0.241 e. The SMILES string of the molecule is N#Cc1ccc(S(=O)(=O)N[C@H](CN2CCOCC2)c2ccccc2)cc1. The molecule has 1 atom stereocenters. The van der Waals surface area contributed by atoms with Crippen LogP contribution in [0.25, 0.3) is 0 Å². The fraction of sp³-hybridized carbons (Fsp3) is 0.316. The second kappa shape index (κ2) is 8.43. The molecule has 2 aromatic carbocycles. The van der Waals surface area contributed by atoms with Gasteiger partial charge in [0.2, 0.25) is 10.0 Å². The molecular formula is C19H21N3O3S. The van der Waals surface area contributed by atoms with Crippen molar-refractivity contribution in [1.82, 2.24) is 9.62 Å². The number of hydrogen-bond donors (Lipinski definition) is 1. The molecule has 0 saturated carbocycles. The molecule has 1 aliphatic rings. The second-order valence-electron chi connectivity index (χ2n) is 6.13. The van der Waals surface area contributed by atoms with E-state index in [1.165, 1.54) is 24.3 Å². The van der Waals surface area contributed by atoms with Crippen LogP contribution >= 0.6 is 0 Å². The first-order valence-electron chi connectivity index (χ1n) is 8.46. The maximum absolute atomic E-state index is 12.8. The standard InChI is InChI=1S/C19H21N3O3S/c20-14-16-6-8-18(9-7-16)26(23,24)21-19(17-4-2-1-3-5-17)15-22-10-12-25-13-11-22/h1-9,19,21H,10-13,15H2/t19-/m1/s1. The van der Waals surface area contributed by atoms with Crippen molar-refractivity contribution in [3.05, 3.63) is 65.7 Å². The molecule has 0 bridgehead atoms. The molecule has 7 heteroatoms. The molecule has 0 unspecified atom stereocenters. The summed E-state index contributed by atoms with van der Waals surface area (Å²) in [6.07, 6.45) is 0. The number of nitrogens with zero attached hydrogens (tertiary/aromatic N) is 2. The molecule has 3 rings (SSSR count). The number of nitrogens with one attached hydrogen (secondary N) is 1. The van der Waals surface area contributed by atoms with Crippen LogP contribution in [0.15, 0.2) is 59.5 Å². The maximum Gasteiger partial charge on any atom is 0.241 e. The molecule has 1 heterocycles. The Morgan fingerprint density at radius 1 is 1.08 bits per heavy atom. The van der Waals surface area contributed by atoms with Gasteiger partial charge in [-0.25, -0.2) is 13.1 Å². The minimum Gasteiger partial charge on any atom is -0.379 e. The van der Waals surface area contributed by atoms with Gasteiger partial charge >= 0.3 is 0 Å². The zero-order valence-corrected chi connectivity index (χ0v) is 15.2. The molecule has 6 nitrogen and oxygen atoms in total. The first kappa shape index (κ1) is 18.5. The summed E-state index contributed by atoms with van der Waals surface area (Å²) in [6, 6.07) is 17.1. The minimum absolute atomic E-state index is 0.152. The Balaban J connectivity index is 1.82. The molecule has 0 spiro atoms. The van der Waals surface area contributed by atoms with Gasteiger partial charge in [-0.15, -0.1) is 0 Å². The molecular weight excluding hydrogens is 350 g/mol. The van der Waals surface area contributed by atoms with E-state index in [0.29, 0.717) is 25.3 Å². The van der Waals surface area contributed by atoms with E-state index in [1.807, 2.05) is 36.4 Å². The molecule has 26 heavy (non-hydrogen) atoms. The van der Waals surface area contributed by atoms with Crippen LogP contribution in [0.5, 0.6) is 0 Å². The fourth-order valence-corrected chi connectivity index (χ4v) is 4.12. The Morgan fingerprint density at radius 3 is 2.35 bits per heavy atom. The molecule has 0 amide bonds. The average Bonchev–Trinajstić information content (AvgIpc) is 2.69. The molecule has 2 aromatic rings. The van der Waals surface area contributed by atoms with Gasteiger partial charge in [0.25, 0.3) is 0 Å². The van der Waals surface area contributed by atoms with Crippen LogP contribution in [0.1, 0.15) is 17.2 Å². The Bertz CT molecular complexity index is 855. The van der Waals surface area contributed by atoms with Gasteiger partial charge in [-0.3, -0.25) is 4.90 Å². The minimum atomic E-state index is -3.70. The number of rotatable bonds is 6. The molecule has 1 saturated heterocycles. The predicted molar refractivity (Wildman–Crippen MR) is 97.9 cm³/mol. The van der Waals surface area contributed by atoms with Crippen molar-refractivity contribution in [2.24, 2.45) is 0 Å². The zero-order valence-electron chi connectivity index (χ0n) is 14.3. The van der Waals surface area contributed by atoms with Crippen LogP contribution in [0.3, 0.4) is 0 Å². The van der Waals surface area contributed by atoms with Crippen molar-refractivity contribution in [2.75, 3.05) is 32.8 Å². The quantitative estimate of drug-likeness (QED) is 0.839. The first-order valence-corrected chi connectivity index (χ1v) is 9.94. The van der Waals surface area contributed by atoms with E-state index in [9.17, 15) is 8.42 Å². The zero-order chi connectivity index (χ0) is 18.4. The van der Waals surface area contributed by atoms with Crippen molar-refractivity contribution < 1.29 is 13.2 Å². The highest BCUT2D eigenvalue weighted by Gasteiger charge is 2.24. The van der Waals surface area contributed by atoms with Gasteiger partial charge in [0, 0.05) is 19.6 Å². The van der Waals surface area contributed by atoms with Crippen LogP contribution in [0.4, 0.5) is 0 Å². The number of ether oxygens (including phenoxy) is 1. The van der Waals surface area contributed by atoms with Gasteiger partial charge in [-0.2, -0.15) is 5.26 Å². The maximum atomic E-state index is 12.8. The highest BCUT2D eigenvalue weighted by atomic mass is 32.2. The van der Waals surface area contributed by atoms with E-state index in [-0.39, 0.29) is 10.9 Å². The number of nitriles is 1. The van der Waals surface area contributed by atoms with Crippen LogP contribution < -0.4 is 4.72 Å². The summed E-state index contributed by atoms with van der Waals surface area (Å²) < 4.78 is 33.8. The third-order valence-electron chi connectivity index (χ3n) is 4.34. The summed E-state index contributed by atoms with van der Waals surface area (Å²) in [5, 5.41) is 8.88. The lowest BCUT2D eigenvalue weighted by molar-refractivity contribution is 0.0345. The first-order chi connectivity index (χ1) is 12.6. The Morgan fingerprint density at radius 2 is 1.73 bits per heavy atom. The number of benzene rings is 2. The van der Waals surface area contributed by atoms with Gasteiger partial charge in [0.05, 0.1) is 35.8 Å². The van der Waals surface area contributed by atoms with Crippen molar-refractivity contribution in [1.29, 1.82) is 5.26 Å². The molecule has 0 radical (unpaired) electrons. The van der Waals surface area contributed by atoms with Crippen LogP contribution in [-0.4, -0.2) is 46.2 Å². The Kier molecular flexibility index (Phi) is 6.01. The second-order valence-corrected chi connectivity index (χ2v) is 7.85. The van der Waals surface area contributed by atoms with E-state index in [2.05, 4.69) is 9.62 Å². The molecule has 136 valence electrons. The van der Waals surface area contributed by atoms with Crippen molar-refractivity contribution in [2.45, 2.75) is 10.9 Å². The molecule has 0 aliphatic carbocycles. The van der Waals surface area contributed by atoms with Gasteiger partial charge in [-0.05, 0) is 29.8 Å². The normalized spacial score (nSPS) is 16.7. The van der Waals surface area contributed by atoms with Gasteiger partial charge in [0.15, 0.2) is 0 Å². The van der Waals surface area contributed by atoms with Gasteiger partial charge in [0.1, 0.15) is 0 Å². The summed E-state index contributed by atoms with van der Waals surface area (Å²) in [5.41, 5.74) is 1.34.